The Bertz CT molecular complexity index is 1730. The molecule has 39 heavy (non-hydrogen) atoms. The number of hydrogen-bond donors (Lipinski definition) is 1. The SMILES string of the molecule is CC(CCC1(C)C=CC=CC1)Nc1ccc2ccc3c(N4c5ccccc5CCC4C)ccc4ccc1c2c43. The van der Waals surface area contributed by atoms with Gasteiger partial charge in [0.05, 0.1) is 0 Å². The molecule has 5 aromatic rings. The van der Waals surface area contributed by atoms with E-state index in [9.17, 15) is 0 Å². The maximum Gasteiger partial charge on any atom is 0.0493 e. The smallest absolute Gasteiger partial charge is 0.0493 e. The standard InChI is InChI=1S/C37H38N2/c1-25(21-24-37(3)22-7-4-8-23-37)38-32-19-15-28-14-18-31-34(20-16-29-13-17-30(32)35(28)36(29)31)39-26(2)11-12-27-9-5-6-10-33(27)39/h4-10,13-20,22,25-26,38H,11-12,21,23-24H2,1-3H3. The van der Waals surface area contributed by atoms with Crippen molar-refractivity contribution in [3.63, 3.8) is 0 Å². The number of benzene rings is 5. The number of para-hydroxylation sites is 1. The summed E-state index contributed by atoms with van der Waals surface area (Å²) in [7, 11) is 0. The van der Waals surface area contributed by atoms with Gasteiger partial charge >= 0.3 is 0 Å². The Morgan fingerprint density at radius 3 is 2.44 bits per heavy atom. The van der Waals surface area contributed by atoms with Crippen molar-refractivity contribution in [2.24, 2.45) is 5.41 Å². The summed E-state index contributed by atoms with van der Waals surface area (Å²) in [5, 5.41) is 12.0. The van der Waals surface area contributed by atoms with Crippen LogP contribution in [0.2, 0.25) is 0 Å². The van der Waals surface area contributed by atoms with Crippen LogP contribution in [0.5, 0.6) is 0 Å². The number of rotatable bonds is 6. The molecule has 1 aliphatic carbocycles. The first-order chi connectivity index (χ1) is 19.0. The molecule has 1 N–H and O–H groups in total. The van der Waals surface area contributed by atoms with Gasteiger partial charge in [0.25, 0.3) is 0 Å². The summed E-state index contributed by atoms with van der Waals surface area (Å²) < 4.78 is 0. The molecular weight excluding hydrogens is 472 g/mol. The number of anilines is 3. The van der Waals surface area contributed by atoms with Gasteiger partial charge in [-0.25, -0.2) is 0 Å². The zero-order chi connectivity index (χ0) is 26.6. The lowest BCUT2D eigenvalue weighted by Crippen LogP contribution is -2.33. The zero-order valence-corrected chi connectivity index (χ0v) is 23.4. The second-order valence-corrected chi connectivity index (χ2v) is 12.2. The molecule has 1 aliphatic heterocycles. The monoisotopic (exact) mass is 510 g/mol. The predicted octanol–water partition coefficient (Wildman–Crippen LogP) is 10.2. The molecule has 0 saturated carbocycles. The van der Waals surface area contributed by atoms with Crippen molar-refractivity contribution in [2.75, 3.05) is 10.2 Å². The van der Waals surface area contributed by atoms with Crippen molar-refractivity contribution in [1.29, 1.82) is 0 Å². The maximum atomic E-state index is 3.90. The summed E-state index contributed by atoms with van der Waals surface area (Å²) in [4.78, 5) is 2.58. The third-order valence-corrected chi connectivity index (χ3v) is 9.30. The number of fused-ring (bicyclic) bond motifs is 1. The lowest BCUT2D eigenvalue weighted by molar-refractivity contribution is 0.371. The largest absolute Gasteiger partial charge is 0.382 e. The summed E-state index contributed by atoms with van der Waals surface area (Å²) in [5.41, 5.74) is 5.66. The second kappa shape index (κ2) is 9.45. The van der Waals surface area contributed by atoms with Crippen LogP contribution in [0.4, 0.5) is 17.1 Å². The lowest BCUT2D eigenvalue weighted by Gasteiger charge is -2.38. The van der Waals surface area contributed by atoms with E-state index in [2.05, 4.69) is 128 Å². The highest BCUT2D eigenvalue weighted by molar-refractivity contribution is 6.27. The molecule has 196 valence electrons. The fourth-order valence-electron chi connectivity index (χ4n) is 7.02. The van der Waals surface area contributed by atoms with E-state index < -0.39 is 0 Å². The molecule has 7 rings (SSSR count). The fourth-order valence-corrected chi connectivity index (χ4v) is 7.02. The number of allylic oxidation sites excluding steroid dienone is 4. The Morgan fingerprint density at radius 1 is 0.872 bits per heavy atom. The van der Waals surface area contributed by atoms with Crippen LogP contribution >= 0.6 is 0 Å². The molecule has 0 bridgehead atoms. The van der Waals surface area contributed by atoms with Crippen LogP contribution in [0.3, 0.4) is 0 Å². The molecule has 2 heteroatoms. The molecule has 0 radical (unpaired) electrons. The van der Waals surface area contributed by atoms with Crippen LogP contribution in [-0.4, -0.2) is 12.1 Å². The highest BCUT2D eigenvalue weighted by Gasteiger charge is 2.26. The van der Waals surface area contributed by atoms with Crippen LogP contribution in [0, 0.1) is 5.41 Å². The van der Waals surface area contributed by atoms with E-state index in [-0.39, 0.29) is 5.41 Å². The fraction of sp³-hybridized carbons (Fsp3) is 0.297. The summed E-state index contributed by atoms with van der Waals surface area (Å²) in [6.45, 7) is 7.09. The topological polar surface area (TPSA) is 15.3 Å². The van der Waals surface area contributed by atoms with Crippen molar-refractivity contribution < 1.29 is 0 Å². The van der Waals surface area contributed by atoms with Gasteiger partial charge in [0.15, 0.2) is 0 Å². The van der Waals surface area contributed by atoms with Crippen LogP contribution in [0.15, 0.2) is 97.1 Å². The first-order valence-electron chi connectivity index (χ1n) is 14.7. The Morgan fingerprint density at radius 2 is 1.62 bits per heavy atom. The third-order valence-electron chi connectivity index (χ3n) is 9.30. The Kier molecular flexibility index (Phi) is 5.88. The molecule has 0 amide bonds. The first kappa shape index (κ1) is 24.3. The zero-order valence-electron chi connectivity index (χ0n) is 23.4. The molecule has 5 aromatic carbocycles. The highest BCUT2D eigenvalue weighted by Crippen LogP contribution is 2.45. The van der Waals surface area contributed by atoms with Gasteiger partial charge < -0.3 is 10.2 Å². The lowest BCUT2D eigenvalue weighted by atomic mass is 9.79. The number of hydrogen-bond acceptors (Lipinski definition) is 2. The molecule has 0 spiro atoms. The van der Waals surface area contributed by atoms with Crippen LogP contribution in [0.1, 0.15) is 52.0 Å². The van der Waals surface area contributed by atoms with Gasteiger partial charge in [-0.3, -0.25) is 0 Å². The van der Waals surface area contributed by atoms with E-state index in [1.807, 2.05) is 0 Å². The van der Waals surface area contributed by atoms with E-state index in [1.54, 1.807) is 0 Å². The second-order valence-electron chi connectivity index (χ2n) is 12.2. The molecule has 0 aromatic heterocycles. The van der Waals surface area contributed by atoms with Gasteiger partial charge in [-0.1, -0.05) is 85.8 Å². The minimum atomic E-state index is 0.272. The maximum absolute atomic E-state index is 3.90. The summed E-state index contributed by atoms with van der Waals surface area (Å²) >= 11 is 0. The molecule has 2 aliphatic rings. The average molecular weight is 511 g/mol. The van der Waals surface area contributed by atoms with Gasteiger partial charge in [0, 0.05) is 39.9 Å². The summed E-state index contributed by atoms with van der Waals surface area (Å²) in [6.07, 6.45) is 14.9. The minimum absolute atomic E-state index is 0.272. The van der Waals surface area contributed by atoms with Gasteiger partial charge in [-0.15, -0.1) is 0 Å². The number of aryl methyl sites for hydroxylation is 1. The molecule has 1 heterocycles. The van der Waals surface area contributed by atoms with Crippen molar-refractivity contribution in [3.8, 4) is 0 Å². The molecule has 2 nitrogen and oxygen atoms in total. The normalized spacial score (nSPS) is 21.6. The van der Waals surface area contributed by atoms with Crippen LogP contribution in [0.25, 0.3) is 32.3 Å². The Labute approximate surface area is 232 Å². The summed E-state index contributed by atoms with van der Waals surface area (Å²) in [6, 6.07) is 28.4. The van der Waals surface area contributed by atoms with E-state index >= 15 is 0 Å². The number of nitrogens with one attached hydrogen (secondary N) is 1. The van der Waals surface area contributed by atoms with E-state index in [0.717, 1.165) is 19.3 Å². The van der Waals surface area contributed by atoms with Gasteiger partial charge in [-0.2, -0.15) is 0 Å². The van der Waals surface area contributed by atoms with Crippen molar-refractivity contribution >= 4 is 49.4 Å². The highest BCUT2D eigenvalue weighted by atomic mass is 15.2. The van der Waals surface area contributed by atoms with Crippen molar-refractivity contribution in [1.82, 2.24) is 0 Å². The Hall–Kier alpha value is -3.78. The van der Waals surface area contributed by atoms with E-state index in [1.165, 1.54) is 67.8 Å². The third kappa shape index (κ3) is 4.18. The van der Waals surface area contributed by atoms with E-state index in [0.29, 0.717) is 12.1 Å². The van der Waals surface area contributed by atoms with Gasteiger partial charge in [0.2, 0.25) is 0 Å². The summed E-state index contributed by atoms with van der Waals surface area (Å²) in [5.74, 6) is 0. The van der Waals surface area contributed by atoms with Crippen LogP contribution < -0.4 is 10.2 Å². The van der Waals surface area contributed by atoms with Gasteiger partial charge in [0.1, 0.15) is 0 Å². The van der Waals surface area contributed by atoms with E-state index in [4.69, 9.17) is 0 Å². The predicted molar refractivity (Wildman–Crippen MR) is 170 cm³/mol. The molecule has 3 unspecified atom stereocenters. The molecule has 0 saturated heterocycles. The minimum Gasteiger partial charge on any atom is -0.382 e. The first-order valence-corrected chi connectivity index (χ1v) is 14.7. The van der Waals surface area contributed by atoms with Crippen molar-refractivity contribution in [2.45, 2.75) is 65.0 Å². The van der Waals surface area contributed by atoms with Gasteiger partial charge in [-0.05, 0) is 96.7 Å². The molecule has 0 fully saturated rings. The van der Waals surface area contributed by atoms with Crippen molar-refractivity contribution in [3.05, 3.63) is 103 Å². The Balaban J connectivity index is 1.29. The molecular formula is C37H38N2. The average Bonchev–Trinajstić information content (AvgIpc) is 2.96. The van der Waals surface area contributed by atoms with Crippen LogP contribution in [-0.2, 0) is 6.42 Å². The quantitative estimate of drug-likeness (QED) is 0.229. The number of nitrogens with zero attached hydrogens (tertiary/aromatic N) is 1. The molecule has 3 atom stereocenters.